The monoisotopic (exact) mass is 470 g/mol. The molecular weight excluding hydrogens is 440 g/mol. The number of carbonyl (C=O) groups excluding carboxylic acids is 2. The molecule has 180 valence electrons. The van der Waals surface area contributed by atoms with Crippen molar-refractivity contribution in [2.24, 2.45) is 0 Å². The van der Waals surface area contributed by atoms with Crippen LogP contribution >= 0.6 is 0 Å². The van der Waals surface area contributed by atoms with E-state index in [-0.39, 0.29) is 11.8 Å². The molecule has 0 aromatic heterocycles. The van der Waals surface area contributed by atoms with Gasteiger partial charge in [-0.15, -0.1) is 0 Å². The Morgan fingerprint density at radius 3 is 2.37 bits per heavy atom. The van der Waals surface area contributed by atoms with E-state index >= 15 is 0 Å². The van der Waals surface area contributed by atoms with Crippen LogP contribution in [0, 0.1) is 0 Å². The lowest BCUT2D eigenvalue weighted by Crippen LogP contribution is -2.50. The first-order valence-corrected chi connectivity index (χ1v) is 12.0. The number of carbonyl (C=O) groups is 2. The summed E-state index contributed by atoms with van der Waals surface area (Å²) in [5.41, 5.74) is 4.51. The summed E-state index contributed by atoms with van der Waals surface area (Å²) >= 11 is 0. The largest absolute Gasteiger partial charge is 0.493 e. The second kappa shape index (κ2) is 9.45. The van der Waals surface area contributed by atoms with Crippen LogP contribution < -0.4 is 9.47 Å². The first-order chi connectivity index (χ1) is 17.1. The molecule has 5 rings (SSSR count). The first kappa shape index (κ1) is 23.0. The number of nitrogens with zero attached hydrogens (tertiary/aromatic N) is 2. The SMILES string of the molecule is CCN(Cc1ccccc1)C(=O)[C@@H]1c2ccccc2C(=O)N2CCc3cc(OC)c(OC)cc3[C@@H]12. The normalized spacial score (nSPS) is 18.3. The van der Waals surface area contributed by atoms with E-state index in [0.717, 1.165) is 22.3 Å². The Morgan fingerprint density at radius 1 is 0.971 bits per heavy atom. The number of rotatable bonds is 6. The van der Waals surface area contributed by atoms with Crippen LogP contribution in [0.3, 0.4) is 0 Å². The van der Waals surface area contributed by atoms with Gasteiger partial charge in [-0.25, -0.2) is 0 Å². The van der Waals surface area contributed by atoms with Crippen molar-refractivity contribution in [3.63, 3.8) is 0 Å². The molecule has 2 heterocycles. The third-order valence-corrected chi connectivity index (χ3v) is 7.20. The Balaban J connectivity index is 1.64. The molecule has 2 atom stereocenters. The molecule has 3 aromatic carbocycles. The number of likely N-dealkylation sites (N-methyl/N-ethyl adjacent to an activating group) is 1. The Labute approximate surface area is 206 Å². The summed E-state index contributed by atoms with van der Waals surface area (Å²) in [6.45, 7) is 3.65. The second-order valence-electron chi connectivity index (χ2n) is 9.00. The summed E-state index contributed by atoms with van der Waals surface area (Å²) in [4.78, 5) is 31.6. The van der Waals surface area contributed by atoms with Gasteiger partial charge in [0.05, 0.1) is 26.2 Å². The molecule has 6 heteroatoms. The van der Waals surface area contributed by atoms with E-state index in [1.807, 2.05) is 83.5 Å². The van der Waals surface area contributed by atoms with Gasteiger partial charge in [0.2, 0.25) is 5.91 Å². The fourth-order valence-electron chi connectivity index (χ4n) is 5.47. The molecule has 0 unspecified atom stereocenters. The summed E-state index contributed by atoms with van der Waals surface area (Å²) in [5, 5.41) is 0. The minimum atomic E-state index is -0.510. The lowest BCUT2D eigenvalue weighted by molar-refractivity contribution is -0.135. The highest BCUT2D eigenvalue weighted by atomic mass is 16.5. The van der Waals surface area contributed by atoms with E-state index in [1.165, 1.54) is 0 Å². The molecule has 2 amide bonds. The Hall–Kier alpha value is -3.80. The molecule has 0 radical (unpaired) electrons. The molecule has 2 aliphatic rings. The van der Waals surface area contributed by atoms with Crippen LogP contribution in [0.1, 0.15) is 51.5 Å². The smallest absolute Gasteiger partial charge is 0.254 e. The van der Waals surface area contributed by atoms with E-state index in [0.29, 0.717) is 43.1 Å². The van der Waals surface area contributed by atoms with Crippen LogP contribution in [0.15, 0.2) is 66.7 Å². The van der Waals surface area contributed by atoms with Gasteiger partial charge in [-0.05, 0) is 53.8 Å². The summed E-state index contributed by atoms with van der Waals surface area (Å²) < 4.78 is 11.1. The summed E-state index contributed by atoms with van der Waals surface area (Å²) in [6, 6.07) is 21.1. The van der Waals surface area contributed by atoms with E-state index in [1.54, 1.807) is 14.2 Å². The predicted octanol–water partition coefficient (Wildman–Crippen LogP) is 4.59. The van der Waals surface area contributed by atoms with Crippen molar-refractivity contribution < 1.29 is 19.1 Å². The zero-order valence-corrected chi connectivity index (χ0v) is 20.4. The van der Waals surface area contributed by atoms with Gasteiger partial charge in [-0.2, -0.15) is 0 Å². The number of amides is 2. The molecule has 0 spiro atoms. The quantitative estimate of drug-likeness (QED) is 0.529. The minimum absolute atomic E-state index is 0.0222. The van der Waals surface area contributed by atoms with Gasteiger partial charge in [0.25, 0.3) is 5.91 Å². The van der Waals surface area contributed by atoms with Gasteiger partial charge in [0.15, 0.2) is 11.5 Å². The average Bonchev–Trinajstić information content (AvgIpc) is 2.91. The molecule has 35 heavy (non-hydrogen) atoms. The number of hydrogen-bond donors (Lipinski definition) is 0. The highest BCUT2D eigenvalue weighted by molar-refractivity contribution is 6.01. The molecule has 0 N–H and O–H groups in total. The second-order valence-corrected chi connectivity index (χ2v) is 9.00. The molecule has 6 nitrogen and oxygen atoms in total. The Kier molecular flexibility index (Phi) is 6.20. The first-order valence-electron chi connectivity index (χ1n) is 12.0. The zero-order valence-electron chi connectivity index (χ0n) is 20.4. The third-order valence-electron chi connectivity index (χ3n) is 7.20. The van der Waals surface area contributed by atoms with E-state index < -0.39 is 12.0 Å². The molecule has 2 aliphatic heterocycles. The van der Waals surface area contributed by atoms with Crippen molar-refractivity contribution in [2.75, 3.05) is 27.3 Å². The van der Waals surface area contributed by atoms with Gasteiger partial charge in [0.1, 0.15) is 0 Å². The van der Waals surface area contributed by atoms with Crippen LogP contribution in [0.5, 0.6) is 11.5 Å². The van der Waals surface area contributed by atoms with Gasteiger partial charge >= 0.3 is 0 Å². The highest BCUT2D eigenvalue weighted by Crippen LogP contribution is 2.48. The van der Waals surface area contributed by atoms with Crippen LogP contribution in [0.2, 0.25) is 0 Å². The molecule has 0 fully saturated rings. The van der Waals surface area contributed by atoms with Crippen LogP contribution in [-0.2, 0) is 17.8 Å². The standard InChI is InChI=1S/C29H30N2O4/c1-4-30(18-19-10-6-5-7-11-19)29(33)26-21-12-8-9-13-22(21)28(32)31-15-14-20-16-24(34-2)25(35-3)17-23(20)27(26)31/h5-13,16-17,26-27H,4,14-15,18H2,1-3H3/t26-,27+/m1/s1. The number of ether oxygens (including phenoxy) is 2. The maximum Gasteiger partial charge on any atom is 0.254 e. The summed E-state index contributed by atoms with van der Waals surface area (Å²) in [5.74, 6) is 0.742. The van der Waals surface area contributed by atoms with Gasteiger partial charge in [0, 0.05) is 25.2 Å². The maximum atomic E-state index is 14.3. The van der Waals surface area contributed by atoms with E-state index in [4.69, 9.17) is 9.47 Å². The molecule has 0 saturated carbocycles. The van der Waals surface area contributed by atoms with Gasteiger partial charge in [-0.1, -0.05) is 48.5 Å². The zero-order chi connectivity index (χ0) is 24.5. The highest BCUT2D eigenvalue weighted by Gasteiger charge is 2.47. The number of methoxy groups -OCH3 is 2. The van der Waals surface area contributed by atoms with Crippen molar-refractivity contribution in [1.82, 2.24) is 9.80 Å². The van der Waals surface area contributed by atoms with Gasteiger partial charge in [-0.3, -0.25) is 9.59 Å². The lowest BCUT2D eigenvalue weighted by atomic mass is 9.75. The van der Waals surface area contributed by atoms with Crippen LogP contribution in [0.25, 0.3) is 0 Å². The maximum absolute atomic E-state index is 14.3. The molecule has 3 aromatic rings. The van der Waals surface area contributed by atoms with Crippen molar-refractivity contribution in [3.8, 4) is 11.5 Å². The van der Waals surface area contributed by atoms with E-state index in [9.17, 15) is 9.59 Å². The fraction of sp³-hybridized carbons (Fsp3) is 0.310. The van der Waals surface area contributed by atoms with Crippen molar-refractivity contribution in [1.29, 1.82) is 0 Å². The third kappa shape index (κ3) is 3.93. The van der Waals surface area contributed by atoms with Crippen molar-refractivity contribution in [3.05, 3.63) is 94.5 Å². The number of benzene rings is 3. The predicted molar refractivity (Wildman–Crippen MR) is 134 cm³/mol. The minimum Gasteiger partial charge on any atom is -0.493 e. The Morgan fingerprint density at radius 2 is 1.66 bits per heavy atom. The summed E-state index contributed by atoms with van der Waals surface area (Å²) in [6.07, 6.45) is 0.697. The number of fused-ring (bicyclic) bond motifs is 4. The number of hydrogen-bond acceptors (Lipinski definition) is 4. The topological polar surface area (TPSA) is 59.1 Å². The fourth-order valence-corrected chi connectivity index (χ4v) is 5.47. The van der Waals surface area contributed by atoms with E-state index in [2.05, 4.69) is 0 Å². The average molecular weight is 471 g/mol. The van der Waals surface area contributed by atoms with Gasteiger partial charge < -0.3 is 19.3 Å². The Bertz CT molecular complexity index is 1260. The molecule has 0 bridgehead atoms. The van der Waals surface area contributed by atoms with Crippen LogP contribution in [0.4, 0.5) is 0 Å². The van der Waals surface area contributed by atoms with Crippen molar-refractivity contribution >= 4 is 11.8 Å². The molecular formula is C29H30N2O4. The van der Waals surface area contributed by atoms with Crippen LogP contribution in [-0.4, -0.2) is 48.9 Å². The summed E-state index contributed by atoms with van der Waals surface area (Å²) in [7, 11) is 3.22. The lowest BCUT2D eigenvalue weighted by Gasteiger charge is -2.46. The van der Waals surface area contributed by atoms with Crippen molar-refractivity contribution in [2.45, 2.75) is 31.8 Å². The molecule has 0 aliphatic carbocycles. The molecule has 0 saturated heterocycles.